The molecule has 0 aliphatic heterocycles. The van der Waals surface area contributed by atoms with Gasteiger partial charge in [-0.05, 0) is 35.9 Å². The average molecular weight is 451 g/mol. The van der Waals surface area contributed by atoms with Crippen molar-refractivity contribution >= 4 is 12.0 Å². The van der Waals surface area contributed by atoms with Crippen LogP contribution in [0.5, 0.6) is 23.0 Å². The number of ether oxygens (including phenoxy) is 5. The Morgan fingerprint density at radius 1 is 1.06 bits per heavy atom. The van der Waals surface area contributed by atoms with Crippen LogP contribution in [0, 0.1) is 11.3 Å². The van der Waals surface area contributed by atoms with Crippen LogP contribution in [-0.4, -0.2) is 44.0 Å². The number of carbonyl (C=O) groups is 1. The maximum absolute atomic E-state index is 12.1. The van der Waals surface area contributed by atoms with Crippen molar-refractivity contribution in [2.24, 2.45) is 0 Å². The molecule has 0 radical (unpaired) electrons. The van der Waals surface area contributed by atoms with Gasteiger partial charge in [0.05, 0.1) is 26.9 Å². The standard InChI is InChI=1S/C23H21N3O7/c1-28-16-6-7-17(19(13-16)29-2)23-25-21(33-26-23)14-32-22(27)9-5-15-4-8-18(31-11-10-24)20(12-15)30-3/h4-9,12-13H,11,14H2,1-3H3/b9-5+. The van der Waals surface area contributed by atoms with E-state index in [2.05, 4.69) is 10.1 Å². The molecule has 10 heteroatoms. The summed E-state index contributed by atoms with van der Waals surface area (Å²) in [6, 6.07) is 12.1. The number of carbonyl (C=O) groups excluding carboxylic acids is 1. The summed E-state index contributed by atoms with van der Waals surface area (Å²) >= 11 is 0. The van der Waals surface area contributed by atoms with Crippen LogP contribution in [0.25, 0.3) is 17.5 Å². The van der Waals surface area contributed by atoms with Gasteiger partial charge in [0.25, 0.3) is 5.89 Å². The second-order valence-corrected chi connectivity index (χ2v) is 6.38. The summed E-state index contributed by atoms with van der Waals surface area (Å²) in [5.41, 5.74) is 1.29. The first-order valence-electron chi connectivity index (χ1n) is 9.65. The van der Waals surface area contributed by atoms with E-state index in [0.29, 0.717) is 39.9 Å². The summed E-state index contributed by atoms with van der Waals surface area (Å²) in [5, 5.41) is 12.5. The Morgan fingerprint density at radius 3 is 2.61 bits per heavy atom. The van der Waals surface area contributed by atoms with Crippen LogP contribution in [0.3, 0.4) is 0 Å². The Morgan fingerprint density at radius 2 is 1.88 bits per heavy atom. The van der Waals surface area contributed by atoms with E-state index in [4.69, 9.17) is 33.5 Å². The lowest BCUT2D eigenvalue weighted by Crippen LogP contribution is -2.01. The SMILES string of the molecule is COc1ccc(-c2noc(COC(=O)/C=C/c3ccc(OCC#N)c(OC)c3)n2)c(OC)c1. The molecule has 0 saturated heterocycles. The van der Waals surface area contributed by atoms with Crippen molar-refractivity contribution in [3.8, 4) is 40.5 Å². The summed E-state index contributed by atoms with van der Waals surface area (Å²) in [7, 11) is 4.56. The minimum absolute atomic E-state index is 0.0967. The topological polar surface area (TPSA) is 126 Å². The summed E-state index contributed by atoms with van der Waals surface area (Å²) in [4.78, 5) is 16.3. The van der Waals surface area contributed by atoms with Gasteiger partial charge in [-0.25, -0.2) is 4.79 Å². The molecular formula is C23H21N3O7. The fourth-order valence-electron chi connectivity index (χ4n) is 2.77. The molecule has 170 valence electrons. The fourth-order valence-corrected chi connectivity index (χ4v) is 2.77. The van der Waals surface area contributed by atoms with Gasteiger partial charge in [0.1, 0.15) is 17.6 Å². The molecular weight excluding hydrogens is 430 g/mol. The van der Waals surface area contributed by atoms with Crippen LogP contribution >= 0.6 is 0 Å². The second-order valence-electron chi connectivity index (χ2n) is 6.38. The van der Waals surface area contributed by atoms with E-state index in [9.17, 15) is 4.79 Å². The van der Waals surface area contributed by atoms with Crippen molar-refractivity contribution in [2.75, 3.05) is 27.9 Å². The monoisotopic (exact) mass is 451 g/mol. The minimum atomic E-state index is -0.597. The Kier molecular flexibility index (Phi) is 7.86. The molecule has 10 nitrogen and oxygen atoms in total. The largest absolute Gasteiger partial charge is 0.497 e. The molecule has 0 aliphatic rings. The van der Waals surface area contributed by atoms with Gasteiger partial charge in [0.2, 0.25) is 5.82 Å². The smallest absolute Gasteiger partial charge is 0.331 e. The number of rotatable bonds is 10. The maximum atomic E-state index is 12.1. The molecule has 3 aromatic rings. The number of nitriles is 1. The highest BCUT2D eigenvalue weighted by molar-refractivity contribution is 5.87. The first-order chi connectivity index (χ1) is 16.1. The van der Waals surface area contributed by atoms with Crippen LogP contribution in [0.4, 0.5) is 0 Å². The molecule has 0 unspecified atom stereocenters. The lowest BCUT2D eigenvalue weighted by atomic mass is 10.2. The van der Waals surface area contributed by atoms with Gasteiger partial charge < -0.3 is 28.2 Å². The number of benzene rings is 2. The van der Waals surface area contributed by atoms with Gasteiger partial charge in [-0.1, -0.05) is 11.2 Å². The third-order valence-corrected chi connectivity index (χ3v) is 4.35. The molecule has 0 amide bonds. The van der Waals surface area contributed by atoms with Gasteiger partial charge in [0.15, 0.2) is 24.7 Å². The molecule has 1 aromatic heterocycles. The summed E-state index contributed by atoms with van der Waals surface area (Å²) in [6.45, 7) is -0.292. The third kappa shape index (κ3) is 6.01. The lowest BCUT2D eigenvalue weighted by Gasteiger charge is -2.08. The zero-order valence-electron chi connectivity index (χ0n) is 18.2. The first kappa shape index (κ1) is 23.1. The van der Waals surface area contributed by atoms with E-state index in [0.717, 1.165) is 0 Å². The number of nitrogens with zero attached hydrogens (tertiary/aromatic N) is 3. The Bertz CT molecular complexity index is 1180. The molecule has 0 atom stereocenters. The predicted octanol–water partition coefficient (Wildman–Crippen LogP) is 3.42. The van der Waals surface area contributed by atoms with Crippen LogP contribution < -0.4 is 18.9 Å². The van der Waals surface area contributed by atoms with Crippen molar-refractivity contribution in [2.45, 2.75) is 6.61 Å². The normalized spacial score (nSPS) is 10.5. The van der Waals surface area contributed by atoms with Crippen LogP contribution in [0.15, 0.2) is 47.0 Å². The van der Waals surface area contributed by atoms with Gasteiger partial charge in [-0.15, -0.1) is 0 Å². The van der Waals surface area contributed by atoms with Gasteiger partial charge in [0, 0.05) is 12.1 Å². The predicted molar refractivity (Wildman–Crippen MR) is 116 cm³/mol. The Hall–Kier alpha value is -4.52. The number of hydrogen-bond acceptors (Lipinski definition) is 10. The van der Waals surface area contributed by atoms with Gasteiger partial charge in [-0.2, -0.15) is 10.2 Å². The fraction of sp³-hybridized carbons (Fsp3) is 0.217. The van der Waals surface area contributed by atoms with Crippen molar-refractivity contribution in [1.82, 2.24) is 10.1 Å². The first-order valence-corrected chi connectivity index (χ1v) is 9.65. The molecule has 0 saturated carbocycles. The Labute approximate surface area is 189 Å². The lowest BCUT2D eigenvalue weighted by molar-refractivity contribution is -0.139. The molecule has 0 aliphatic carbocycles. The van der Waals surface area contributed by atoms with E-state index in [1.54, 1.807) is 49.6 Å². The quantitative estimate of drug-likeness (QED) is 0.334. The summed E-state index contributed by atoms with van der Waals surface area (Å²) in [5.74, 6) is 1.84. The second kappa shape index (κ2) is 11.2. The highest BCUT2D eigenvalue weighted by Crippen LogP contribution is 2.31. The Balaban J connectivity index is 1.60. The highest BCUT2D eigenvalue weighted by Gasteiger charge is 2.15. The van der Waals surface area contributed by atoms with E-state index < -0.39 is 5.97 Å². The number of hydrogen-bond donors (Lipinski definition) is 0. The molecule has 0 bridgehead atoms. The zero-order valence-corrected chi connectivity index (χ0v) is 18.2. The van der Waals surface area contributed by atoms with Crippen molar-refractivity contribution in [3.63, 3.8) is 0 Å². The number of methoxy groups -OCH3 is 3. The molecule has 0 spiro atoms. The molecule has 0 fully saturated rings. The van der Waals surface area contributed by atoms with E-state index in [1.165, 1.54) is 20.3 Å². The summed E-state index contributed by atoms with van der Waals surface area (Å²) in [6.07, 6.45) is 2.81. The molecule has 0 N–H and O–H groups in total. The maximum Gasteiger partial charge on any atom is 0.331 e. The molecule has 1 heterocycles. The van der Waals surface area contributed by atoms with E-state index in [1.807, 2.05) is 6.07 Å². The summed E-state index contributed by atoms with van der Waals surface area (Å²) < 4.78 is 31.3. The highest BCUT2D eigenvalue weighted by atomic mass is 16.6. The van der Waals surface area contributed by atoms with Crippen molar-refractivity contribution < 1.29 is 33.0 Å². The van der Waals surface area contributed by atoms with Crippen LogP contribution in [-0.2, 0) is 16.1 Å². The van der Waals surface area contributed by atoms with Crippen molar-refractivity contribution in [3.05, 3.63) is 53.9 Å². The zero-order chi connectivity index (χ0) is 23.6. The van der Waals surface area contributed by atoms with E-state index >= 15 is 0 Å². The average Bonchev–Trinajstić information content (AvgIpc) is 3.33. The number of aromatic nitrogens is 2. The molecule has 3 rings (SSSR count). The molecule has 2 aromatic carbocycles. The minimum Gasteiger partial charge on any atom is -0.497 e. The van der Waals surface area contributed by atoms with E-state index in [-0.39, 0.29) is 19.1 Å². The van der Waals surface area contributed by atoms with Gasteiger partial charge in [-0.3, -0.25) is 0 Å². The van der Waals surface area contributed by atoms with Crippen LogP contribution in [0.1, 0.15) is 11.5 Å². The molecule has 33 heavy (non-hydrogen) atoms. The number of esters is 1. The third-order valence-electron chi connectivity index (χ3n) is 4.35. The van der Waals surface area contributed by atoms with Crippen molar-refractivity contribution in [1.29, 1.82) is 5.26 Å². The van der Waals surface area contributed by atoms with Gasteiger partial charge >= 0.3 is 5.97 Å². The van der Waals surface area contributed by atoms with Crippen LogP contribution in [0.2, 0.25) is 0 Å².